The number of halogens is 1. The van der Waals surface area contributed by atoms with Crippen LogP contribution in [0.3, 0.4) is 0 Å². The number of nitrogens with zero attached hydrogens (tertiary/aromatic N) is 5. The SMILES string of the molecule is Cc1nc(-c2nnn(C)c2COC(=O)N(C)CC2CCC2)ccc1OC1CCCC(F)(C(=O)O)C1. The van der Waals surface area contributed by atoms with Crippen molar-refractivity contribution < 1.29 is 28.6 Å². The third-order valence-corrected chi connectivity index (χ3v) is 6.95. The van der Waals surface area contributed by atoms with Crippen LogP contribution in [0.4, 0.5) is 9.18 Å². The molecule has 2 saturated carbocycles. The van der Waals surface area contributed by atoms with Gasteiger partial charge < -0.3 is 19.5 Å². The number of carboxylic acid groups (broad SMARTS) is 1. The first-order valence-corrected chi connectivity index (χ1v) is 12.0. The summed E-state index contributed by atoms with van der Waals surface area (Å²) in [5.41, 5.74) is -0.0791. The molecule has 0 aliphatic heterocycles. The normalized spacial score (nSPS) is 22.3. The van der Waals surface area contributed by atoms with E-state index in [-0.39, 0.29) is 19.4 Å². The summed E-state index contributed by atoms with van der Waals surface area (Å²) in [5.74, 6) is -0.433. The number of pyridine rings is 1. The molecule has 2 aromatic rings. The van der Waals surface area contributed by atoms with E-state index in [1.807, 2.05) is 0 Å². The number of aliphatic carboxylic acids is 1. The number of aromatic nitrogens is 4. The highest BCUT2D eigenvalue weighted by Crippen LogP contribution is 2.35. The lowest BCUT2D eigenvalue weighted by Crippen LogP contribution is -2.42. The van der Waals surface area contributed by atoms with Crippen LogP contribution in [0.2, 0.25) is 0 Å². The van der Waals surface area contributed by atoms with Gasteiger partial charge in [0.2, 0.25) is 5.67 Å². The zero-order valence-corrected chi connectivity index (χ0v) is 20.4. The summed E-state index contributed by atoms with van der Waals surface area (Å²) in [6.45, 7) is 2.45. The Kier molecular flexibility index (Phi) is 7.23. The Morgan fingerprint density at radius 2 is 2.06 bits per heavy atom. The molecule has 1 N–H and O–H groups in total. The Labute approximate surface area is 203 Å². The van der Waals surface area contributed by atoms with Crippen LogP contribution in [0.5, 0.6) is 5.75 Å². The van der Waals surface area contributed by atoms with Gasteiger partial charge in [0.15, 0.2) is 0 Å². The first-order valence-electron chi connectivity index (χ1n) is 12.0. The van der Waals surface area contributed by atoms with Crippen molar-refractivity contribution in [2.45, 2.75) is 70.2 Å². The number of aryl methyl sites for hydroxylation is 2. The van der Waals surface area contributed by atoms with E-state index in [9.17, 15) is 19.1 Å². The molecule has 35 heavy (non-hydrogen) atoms. The Morgan fingerprint density at radius 1 is 1.29 bits per heavy atom. The van der Waals surface area contributed by atoms with E-state index in [4.69, 9.17) is 9.47 Å². The summed E-state index contributed by atoms with van der Waals surface area (Å²) in [5, 5.41) is 17.4. The largest absolute Gasteiger partial charge is 0.488 e. The topological polar surface area (TPSA) is 120 Å². The fraction of sp³-hybridized carbons (Fsp3) is 0.625. The Morgan fingerprint density at radius 3 is 2.71 bits per heavy atom. The van der Waals surface area contributed by atoms with Crippen molar-refractivity contribution >= 4 is 12.1 Å². The van der Waals surface area contributed by atoms with Crippen molar-refractivity contribution in [3.05, 3.63) is 23.5 Å². The maximum Gasteiger partial charge on any atom is 0.409 e. The number of amides is 1. The first-order chi connectivity index (χ1) is 16.7. The molecule has 0 saturated heterocycles. The van der Waals surface area contributed by atoms with E-state index < -0.39 is 23.8 Å². The van der Waals surface area contributed by atoms with E-state index >= 15 is 0 Å². The van der Waals surface area contributed by atoms with Gasteiger partial charge in [-0.1, -0.05) is 11.6 Å². The lowest BCUT2D eigenvalue weighted by molar-refractivity contribution is -0.155. The van der Waals surface area contributed by atoms with Gasteiger partial charge in [-0.15, -0.1) is 5.10 Å². The number of hydrogen-bond acceptors (Lipinski definition) is 7. The molecule has 0 radical (unpaired) electrons. The van der Waals surface area contributed by atoms with Crippen LogP contribution in [0, 0.1) is 12.8 Å². The molecule has 2 unspecified atom stereocenters. The standard InChI is InChI=1S/C24H32FN5O5/c1-15-20(35-17-8-5-11-24(25,12-17)22(31)32)10-9-18(26-15)21-19(30(3)28-27-21)14-34-23(33)29(2)13-16-6-4-7-16/h9-10,16-17H,4-8,11-14H2,1-3H3,(H,31,32). The molecule has 0 bridgehead atoms. The van der Waals surface area contributed by atoms with Crippen LogP contribution >= 0.6 is 0 Å². The number of rotatable bonds is 8. The zero-order valence-electron chi connectivity index (χ0n) is 20.4. The predicted molar refractivity (Wildman–Crippen MR) is 123 cm³/mol. The monoisotopic (exact) mass is 489 g/mol. The lowest BCUT2D eigenvalue weighted by atomic mass is 9.84. The van der Waals surface area contributed by atoms with E-state index in [0.29, 0.717) is 53.8 Å². The maximum atomic E-state index is 14.6. The molecule has 0 aromatic carbocycles. The molecule has 10 nitrogen and oxygen atoms in total. The number of carbonyl (C=O) groups excluding carboxylic acids is 1. The average Bonchev–Trinajstić information content (AvgIpc) is 3.16. The summed E-state index contributed by atoms with van der Waals surface area (Å²) < 4.78 is 27.6. The second kappa shape index (κ2) is 10.2. The van der Waals surface area contributed by atoms with Gasteiger partial charge in [-0.2, -0.15) is 0 Å². The van der Waals surface area contributed by atoms with Crippen molar-refractivity contribution in [3.63, 3.8) is 0 Å². The number of carboxylic acids is 1. The molecule has 2 heterocycles. The molecule has 2 aromatic heterocycles. The molecular formula is C24H32FN5O5. The van der Waals surface area contributed by atoms with Gasteiger partial charge in [0.05, 0.1) is 11.4 Å². The Balaban J connectivity index is 1.42. The second-order valence-electron chi connectivity index (χ2n) is 9.63. The minimum atomic E-state index is -2.26. The lowest BCUT2D eigenvalue weighted by Gasteiger charge is -2.32. The molecular weight excluding hydrogens is 457 g/mol. The number of hydrogen-bond donors (Lipinski definition) is 1. The van der Waals surface area contributed by atoms with Crippen LogP contribution in [-0.4, -0.2) is 67.4 Å². The van der Waals surface area contributed by atoms with E-state index in [2.05, 4.69) is 15.3 Å². The van der Waals surface area contributed by atoms with Crippen LogP contribution in [0.15, 0.2) is 12.1 Å². The molecule has 2 aliphatic rings. The van der Waals surface area contributed by atoms with Crippen molar-refractivity contribution in [1.29, 1.82) is 0 Å². The Bertz CT molecular complexity index is 1090. The maximum absolute atomic E-state index is 14.6. The molecule has 2 atom stereocenters. The van der Waals surface area contributed by atoms with Crippen molar-refractivity contribution in [2.24, 2.45) is 13.0 Å². The molecule has 2 fully saturated rings. The first kappa shape index (κ1) is 24.9. The Hall–Kier alpha value is -3.24. The van der Waals surface area contributed by atoms with Gasteiger partial charge in [-0.25, -0.2) is 23.6 Å². The van der Waals surface area contributed by atoms with Crippen molar-refractivity contribution in [2.75, 3.05) is 13.6 Å². The highest BCUT2D eigenvalue weighted by Gasteiger charge is 2.44. The summed E-state index contributed by atoms with van der Waals surface area (Å²) in [6.07, 6.45) is 3.39. The minimum absolute atomic E-state index is 0.00149. The fourth-order valence-electron chi connectivity index (χ4n) is 4.57. The molecule has 4 rings (SSSR count). The quantitative estimate of drug-likeness (QED) is 0.597. The van der Waals surface area contributed by atoms with E-state index in [1.54, 1.807) is 42.7 Å². The molecule has 2 aliphatic carbocycles. The number of ether oxygens (including phenoxy) is 2. The third kappa shape index (κ3) is 5.54. The van der Waals surface area contributed by atoms with Crippen molar-refractivity contribution in [1.82, 2.24) is 24.9 Å². The summed E-state index contributed by atoms with van der Waals surface area (Å²) in [7, 11) is 3.46. The van der Waals surface area contributed by atoms with Gasteiger partial charge in [-0.05, 0) is 57.1 Å². The number of alkyl halides is 1. The molecule has 1 amide bonds. The van der Waals surface area contributed by atoms with Gasteiger partial charge in [-0.3, -0.25) is 0 Å². The molecule has 11 heteroatoms. The van der Waals surface area contributed by atoms with Gasteiger partial charge in [0.1, 0.15) is 29.8 Å². The second-order valence-corrected chi connectivity index (χ2v) is 9.63. The highest BCUT2D eigenvalue weighted by molar-refractivity contribution is 5.77. The van der Waals surface area contributed by atoms with Gasteiger partial charge in [0, 0.05) is 27.1 Å². The molecule has 190 valence electrons. The van der Waals surface area contributed by atoms with E-state index in [1.165, 1.54) is 6.42 Å². The summed E-state index contributed by atoms with van der Waals surface area (Å²) in [4.78, 5) is 29.9. The van der Waals surface area contributed by atoms with Crippen LogP contribution in [0.1, 0.15) is 56.3 Å². The third-order valence-electron chi connectivity index (χ3n) is 6.95. The molecule has 0 spiro atoms. The fourth-order valence-corrected chi connectivity index (χ4v) is 4.57. The van der Waals surface area contributed by atoms with Gasteiger partial charge >= 0.3 is 12.1 Å². The number of carbonyl (C=O) groups is 2. The van der Waals surface area contributed by atoms with E-state index in [0.717, 1.165) is 12.8 Å². The highest BCUT2D eigenvalue weighted by atomic mass is 19.1. The van der Waals surface area contributed by atoms with Crippen LogP contribution in [0.25, 0.3) is 11.4 Å². The smallest absolute Gasteiger partial charge is 0.409 e. The van der Waals surface area contributed by atoms with Crippen LogP contribution < -0.4 is 4.74 Å². The summed E-state index contributed by atoms with van der Waals surface area (Å²) in [6, 6.07) is 3.42. The van der Waals surface area contributed by atoms with Crippen LogP contribution in [-0.2, 0) is 23.2 Å². The van der Waals surface area contributed by atoms with Gasteiger partial charge in [0.25, 0.3) is 0 Å². The predicted octanol–water partition coefficient (Wildman–Crippen LogP) is 3.67. The average molecular weight is 490 g/mol. The zero-order chi connectivity index (χ0) is 25.2. The minimum Gasteiger partial charge on any atom is -0.488 e. The van der Waals surface area contributed by atoms with Crippen molar-refractivity contribution in [3.8, 4) is 17.1 Å². The summed E-state index contributed by atoms with van der Waals surface area (Å²) >= 11 is 0.